The zero-order valence-corrected chi connectivity index (χ0v) is 7.90. The molecule has 1 aliphatic rings. The number of rotatable bonds is 2. The summed E-state index contributed by atoms with van der Waals surface area (Å²) in [5.74, 6) is 0. The molecule has 0 aliphatic heterocycles. The standard InChI is InChI=1S/C13H11N/c14-10-13-9-8-12(13)7-6-11-4-2-1-3-5-11/h1-7H,8-9H2. The maximum atomic E-state index is 8.71. The predicted octanol–water partition coefficient (Wildman–Crippen LogP) is 3.31. The Labute approximate surface area is 84.0 Å². The fourth-order valence-corrected chi connectivity index (χ4v) is 1.47. The van der Waals surface area contributed by atoms with Crippen molar-refractivity contribution in [2.24, 2.45) is 0 Å². The van der Waals surface area contributed by atoms with E-state index in [2.05, 4.69) is 30.4 Å². The molecule has 14 heavy (non-hydrogen) atoms. The Hall–Kier alpha value is -1.81. The van der Waals surface area contributed by atoms with Crippen LogP contribution in [-0.2, 0) is 0 Å². The minimum atomic E-state index is 0.942. The van der Waals surface area contributed by atoms with E-state index >= 15 is 0 Å². The average molecular weight is 181 g/mol. The first kappa shape index (κ1) is 8.77. The van der Waals surface area contributed by atoms with E-state index < -0.39 is 0 Å². The molecule has 1 aliphatic carbocycles. The van der Waals surface area contributed by atoms with Crippen molar-refractivity contribution in [2.75, 3.05) is 0 Å². The van der Waals surface area contributed by atoms with Gasteiger partial charge >= 0.3 is 0 Å². The molecule has 0 amide bonds. The lowest BCUT2D eigenvalue weighted by Crippen LogP contribution is -1.99. The van der Waals surface area contributed by atoms with Gasteiger partial charge in [-0.25, -0.2) is 0 Å². The first-order chi connectivity index (χ1) is 6.90. The van der Waals surface area contributed by atoms with Crippen LogP contribution in [0.4, 0.5) is 0 Å². The highest BCUT2D eigenvalue weighted by Crippen LogP contribution is 2.28. The van der Waals surface area contributed by atoms with E-state index in [9.17, 15) is 0 Å². The molecule has 0 fully saturated rings. The van der Waals surface area contributed by atoms with Crippen molar-refractivity contribution in [3.63, 3.8) is 0 Å². The van der Waals surface area contributed by atoms with E-state index in [1.807, 2.05) is 18.2 Å². The van der Waals surface area contributed by atoms with Gasteiger partial charge in [0.05, 0.1) is 6.07 Å². The minimum Gasteiger partial charge on any atom is -0.193 e. The first-order valence-corrected chi connectivity index (χ1v) is 4.75. The minimum absolute atomic E-state index is 0.942. The van der Waals surface area contributed by atoms with Crippen LogP contribution >= 0.6 is 0 Å². The second-order valence-electron chi connectivity index (χ2n) is 3.36. The Morgan fingerprint density at radius 2 is 1.86 bits per heavy atom. The molecule has 0 heterocycles. The maximum absolute atomic E-state index is 8.71. The Morgan fingerprint density at radius 3 is 2.43 bits per heavy atom. The van der Waals surface area contributed by atoms with Crippen molar-refractivity contribution in [1.82, 2.24) is 0 Å². The summed E-state index contributed by atoms with van der Waals surface area (Å²) in [4.78, 5) is 0. The zero-order valence-electron chi connectivity index (χ0n) is 7.90. The van der Waals surface area contributed by atoms with E-state index in [-0.39, 0.29) is 0 Å². The van der Waals surface area contributed by atoms with Gasteiger partial charge in [0.15, 0.2) is 0 Å². The van der Waals surface area contributed by atoms with Crippen LogP contribution in [0.2, 0.25) is 0 Å². The summed E-state index contributed by atoms with van der Waals surface area (Å²) in [5.41, 5.74) is 3.32. The highest BCUT2D eigenvalue weighted by atomic mass is 14.3. The predicted molar refractivity (Wildman–Crippen MR) is 57.3 cm³/mol. The van der Waals surface area contributed by atoms with E-state index in [0.29, 0.717) is 0 Å². The Bertz CT molecular complexity index is 418. The van der Waals surface area contributed by atoms with Gasteiger partial charge in [0.1, 0.15) is 0 Å². The van der Waals surface area contributed by atoms with E-state index in [0.717, 1.165) is 18.4 Å². The van der Waals surface area contributed by atoms with Gasteiger partial charge in [-0.1, -0.05) is 42.5 Å². The molecule has 0 saturated carbocycles. The van der Waals surface area contributed by atoms with Crippen molar-refractivity contribution < 1.29 is 0 Å². The van der Waals surface area contributed by atoms with Crippen molar-refractivity contribution in [3.05, 3.63) is 53.1 Å². The van der Waals surface area contributed by atoms with Crippen LogP contribution in [0.3, 0.4) is 0 Å². The van der Waals surface area contributed by atoms with Gasteiger partial charge in [-0.2, -0.15) is 5.26 Å². The molecule has 1 heteroatoms. The molecule has 0 radical (unpaired) electrons. The SMILES string of the molecule is N#CC1=C(C=Cc2ccccc2)CC1. The molecule has 1 aromatic rings. The van der Waals surface area contributed by atoms with Crippen molar-refractivity contribution in [1.29, 1.82) is 5.26 Å². The van der Waals surface area contributed by atoms with Gasteiger partial charge in [-0.3, -0.25) is 0 Å². The van der Waals surface area contributed by atoms with Crippen LogP contribution in [0.5, 0.6) is 0 Å². The van der Waals surface area contributed by atoms with Gasteiger partial charge in [0, 0.05) is 5.57 Å². The molecule has 2 rings (SSSR count). The third-order valence-corrected chi connectivity index (χ3v) is 2.44. The van der Waals surface area contributed by atoms with Crippen molar-refractivity contribution in [2.45, 2.75) is 12.8 Å². The second kappa shape index (κ2) is 3.93. The number of nitriles is 1. The van der Waals surface area contributed by atoms with E-state index in [4.69, 9.17) is 5.26 Å². The van der Waals surface area contributed by atoms with Crippen molar-refractivity contribution in [3.8, 4) is 6.07 Å². The van der Waals surface area contributed by atoms with Gasteiger partial charge < -0.3 is 0 Å². The number of nitrogens with zero attached hydrogens (tertiary/aromatic N) is 1. The Balaban J connectivity index is 2.13. The summed E-state index contributed by atoms with van der Waals surface area (Å²) in [6.45, 7) is 0. The van der Waals surface area contributed by atoms with Gasteiger partial charge in [-0.15, -0.1) is 0 Å². The quantitative estimate of drug-likeness (QED) is 0.686. The fraction of sp³-hybridized carbons (Fsp3) is 0.154. The molecule has 0 bridgehead atoms. The summed E-state index contributed by atoms with van der Waals surface area (Å²) in [6, 6.07) is 12.4. The molecule has 68 valence electrons. The van der Waals surface area contributed by atoms with Crippen LogP contribution in [-0.4, -0.2) is 0 Å². The van der Waals surface area contributed by atoms with Crippen LogP contribution < -0.4 is 0 Å². The van der Waals surface area contributed by atoms with Gasteiger partial charge in [-0.05, 0) is 24.0 Å². The lowest BCUT2D eigenvalue weighted by atomic mass is 9.89. The summed E-state index contributed by atoms with van der Waals surface area (Å²) in [5, 5.41) is 8.71. The summed E-state index contributed by atoms with van der Waals surface area (Å²) < 4.78 is 0. The smallest absolute Gasteiger partial charge is 0.0950 e. The van der Waals surface area contributed by atoms with Crippen LogP contribution in [0.25, 0.3) is 6.08 Å². The highest BCUT2D eigenvalue weighted by molar-refractivity contribution is 5.56. The second-order valence-corrected chi connectivity index (χ2v) is 3.36. The third kappa shape index (κ3) is 1.75. The Kier molecular flexibility index (Phi) is 2.46. The zero-order chi connectivity index (χ0) is 9.80. The number of hydrogen-bond acceptors (Lipinski definition) is 1. The molecule has 0 saturated heterocycles. The lowest BCUT2D eigenvalue weighted by molar-refractivity contribution is 0.861. The summed E-state index contributed by atoms with van der Waals surface area (Å²) >= 11 is 0. The van der Waals surface area contributed by atoms with E-state index in [1.165, 1.54) is 11.1 Å². The molecule has 0 spiro atoms. The summed E-state index contributed by atoms with van der Waals surface area (Å²) in [6.07, 6.45) is 6.11. The lowest BCUT2D eigenvalue weighted by Gasteiger charge is -2.14. The largest absolute Gasteiger partial charge is 0.193 e. The average Bonchev–Trinajstić information content (AvgIpc) is 2.19. The molecule has 1 aromatic carbocycles. The van der Waals surface area contributed by atoms with Gasteiger partial charge in [0.2, 0.25) is 0 Å². The van der Waals surface area contributed by atoms with Crippen LogP contribution in [0, 0.1) is 11.3 Å². The maximum Gasteiger partial charge on any atom is 0.0950 e. The molecule has 0 aromatic heterocycles. The molecular formula is C13H11N. The third-order valence-electron chi connectivity index (χ3n) is 2.44. The highest BCUT2D eigenvalue weighted by Gasteiger charge is 2.13. The van der Waals surface area contributed by atoms with Crippen LogP contribution in [0.1, 0.15) is 18.4 Å². The molecule has 0 atom stereocenters. The summed E-state index contributed by atoms with van der Waals surface area (Å²) in [7, 11) is 0. The number of benzene rings is 1. The van der Waals surface area contributed by atoms with Gasteiger partial charge in [0.25, 0.3) is 0 Å². The number of allylic oxidation sites excluding steroid dienone is 3. The van der Waals surface area contributed by atoms with Crippen molar-refractivity contribution >= 4 is 6.08 Å². The first-order valence-electron chi connectivity index (χ1n) is 4.75. The Morgan fingerprint density at radius 1 is 1.07 bits per heavy atom. The normalized spacial score (nSPS) is 15.4. The fourth-order valence-electron chi connectivity index (χ4n) is 1.47. The molecule has 0 N–H and O–H groups in total. The van der Waals surface area contributed by atoms with E-state index in [1.54, 1.807) is 0 Å². The number of hydrogen-bond donors (Lipinski definition) is 0. The molecular weight excluding hydrogens is 170 g/mol. The molecule has 1 nitrogen and oxygen atoms in total. The van der Waals surface area contributed by atoms with Crippen LogP contribution in [0.15, 0.2) is 47.6 Å². The molecule has 0 unspecified atom stereocenters. The monoisotopic (exact) mass is 181 g/mol. The topological polar surface area (TPSA) is 23.8 Å².